The van der Waals surface area contributed by atoms with Gasteiger partial charge in [0.1, 0.15) is 22.6 Å². The molecule has 0 spiro atoms. The first-order valence-corrected chi connectivity index (χ1v) is 12.1. The zero-order valence-electron chi connectivity index (χ0n) is 20.8. The number of aliphatic imine (C=N–C) groups is 1. The number of piperidine rings is 1. The minimum atomic E-state index is -0.800. The standard InChI is InChI=1S/C29H30FN5O/c1-27(2,18-32)34-16-22(15-31)21-8-6-20(7-9-21)17-35-14-12-29(28(3,19-35)36-29)24-10-11-25-23(26(24)30)5-4-13-33-25/h4-11,13,15-16H,12,14,17,19,31H2,1-3H3/b22-15+,34-16?. The molecule has 0 aliphatic carbocycles. The van der Waals surface area contributed by atoms with Gasteiger partial charge < -0.3 is 10.5 Å². The maximum absolute atomic E-state index is 15.4. The number of benzene rings is 2. The summed E-state index contributed by atoms with van der Waals surface area (Å²) in [5.41, 5.74) is 8.16. The molecule has 0 saturated carbocycles. The number of aromatic nitrogens is 1. The first-order chi connectivity index (χ1) is 17.2. The van der Waals surface area contributed by atoms with Crippen molar-refractivity contribution in [2.45, 2.75) is 50.5 Å². The monoisotopic (exact) mass is 483 g/mol. The summed E-state index contributed by atoms with van der Waals surface area (Å²) in [6, 6.07) is 17.6. The molecule has 7 heteroatoms. The van der Waals surface area contributed by atoms with Crippen molar-refractivity contribution < 1.29 is 9.13 Å². The van der Waals surface area contributed by atoms with E-state index in [1.807, 2.05) is 24.3 Å². The van der Waals surface area contributed by atoms with Gasteiger partial charge in [-0.1, -0.05) is 30.3 Å². The topological polar surface area (TPSA) is 90.8 Å². The second kappa shape index (κ2) is 8.81. The van der Waals surface area contributed by atoms with Crippen LogP contribution in [-0.2, 0) is 16.9 Å². The lowest BCUT2D eigenvalue weighted by Crippen LogP contribution is -2.44. The number of epoxide rings is 1. The van der Waals surface area contributed by atoms with E-state index in [4.69, 9.17) is 15.7 Å². The number of likely N-dealkylation sites (tertiary alicyclic amines) is 1. The molecule has 0 amide bonds. The number of ether oxygens (including phenoxy) is 1. The summed E-state index contributed by atoms with van der Waals surface area (Å²) in [7, 11) is 0. The molecule has 2 atom stereocenters. The lowest BCUT2D eigenvalue weighted by Gasteiger charge is -2.33. The Bertz CT molecular complexity index is 1410. The first-order valence-electron chi connectivity index (χ1n) is 12.1. The van der Waals surface area contributed by atoms with Gasteiger partial charge in [0.05, 0.1) is 11.6 Å². The van der Waals surface area contributed by atoms with E-state index in [0.717, 1.165) is 37.2 Å². The van der Waals surface area contributed by atoms with E-state index in [1.54, 1.807) is 38.4 Å². The fraction of sp³-hybridized carbons (Fsp3) is 0.345. The third-order valence-electron chi connectivity index (χ3n) is 7.34. The van der Waals surface area contributed by atoms with Crippen molar-refractivity contribution in [1.29, 1.82) is 5.26 Å². The van der Waals surface area contributed by atoms with Gasteiger partial charge in [0, 0.05) is 54.8 Å². The summed E-state index contributed by atoms with van der Waals surface area (Å²) >= 11 is 0. The normalized spacial score (nSPS) is 24.6. The molecule has 184 valence electrons. The van der Waals surface area contributed by atoms with E-state index >= 15 is 4.39 Å². The Labute approximate surface area is 210 Å². The fourth-order valence-electron chi connectivity index (χ4n) is 5.23. The number of halogens is 1. The maximum Gasteiger partial charge on any atom is 0.141 e. The lowest BCUT2D eigenvalue weighted by molar-refractivity contribution is 0.183. The Morgan fingerprint density at radius 1 is 1.28 bits per heavy atom. The number of hydrogen-bond donors (Lipinski definition) is 1. The predicted molar refractivity (Wildman–Crippen MR) is 140 cm³/mol. The SMILES string of the molecule is CC(C)(C#N)N=C/C(=C\N)c1ccc(CN2CCC3(c4ccc5ncccc5c4F)OC3(C)C2)cc1. The van der Waals surface area contributed by atoms with Crippen LogP contribution in [0.2, 0.25) is 0 Å². The summed E-state index contributed by atoms with van der Waals surface area (Å²) in [5.74, 6) is -0.223. The van der Waals surface area contributed by atoms with Gasteiger partial charge in [0.15, 0.2) is 0 Å². The molecule has 5 rings (SSSR count). The highest BCUT2D eigenvalue weighted by atomic mass is 19.1. The zero-order valence-corrected chi connectivity index (χ0v) is 20.8. The van der Waals surface area contributed by atoms with E-state index < -0.39 is 16.7 Å². The number of rotatable bonds is 6. The molecule has 2 aliphatic heterocycles. The number of pyridine rings is 1. The van der Waals surface area contributed by atoms with E-state index in [2.05, 4.69) is 40.0 Å². The number of hydrogen-bond acceptors (Lipinski definition) is 6. The number of fused-ring (bicyclic) bond motifs is 2. The Balaban J connectivity index is 1.28. The fourth-order valence-corrected chi connectivity index (χ4v) is 5.23. The predicted octanol–water partition coefficient (Wildman–Crippen LogP) is 4.94. The summed E-state index contributed by atoms with van der Waals surface area (Å²) in [5, 5.41) is 9.71. The van der Waals surface area contributed by atoms with Crippen LogP contribution < -0.4 is 5.73 Å². The second-order valence-corrected chi connectivity index (χ2v) is 10.4. The van der Waals surface area contributed by atoms with Crippen LogP contribution in [-0.4, -0.2) is 40.3 Å². The second-order valence-electron chi connectivity index (χ2n) is 10.4. The zero-order chi connectivity index (χ0) is 25.6. The van der Waals surface area contributed by atoms with Gasteiger partial charge in [-0.3, -0.25) is 14.9 Å². The Morgan fingerprint density at radius 3 is 2.75 bits per heavy atom. The molecule has 2 fully saturated rings. The van der Waals surface area contributed by atoms with Crippen molar-refractivity contribution >= 4 is 22.7 Å². The molecular weight excluding hydrogens is 453 g/mol. The van der Waals surface area contributed by atoms with Crippen molar-refractivity contribution in [2.75, 3.05) is 13.1 Å². The number of nitrogens with zero attached hydrogens (tertiary/aromatic N) is 4. The summed E-state index contributed by atoms with van der Waals surface area (Å²) in [4.78, 5) is 11.0. The molecule has 3 heterocycles. The van der Waals surface area contributed by atoms with Crippen LogP contribution in [0.1, 0.15) is 43.9 Å². The highest BCUT2D eigenvalue weighted by Crippen LogP contribution is 2.61. The maximum atomic E-state index is 15.4. The van der Waals surface area contributed by atoms with Crippen LogP contribution >= 0.6 is 0 Å². The van der Waals surface area contributed by atoms with Gasteiger partial charge in [-0.05, 0) is 56.5 Å². The highest BCUT2D eigenvalue weighted by Gasteiger charge is 2.70. The van der Waals surface area contributed by atoms with Crippen LogP contribution in [0.5, 0.6) is 0 Å². The largest absolute Gasteiger partial charge is 0.404 e. The van der Waals surface area contributed by atoms with Gasteiger partial charge in [0.2, 0.25) is 0 Å². The first kappa shape index (κ1) is 24.1. The molecular formula is C29H30FN5O. The molecule has 1 aromatic heterocycles. The molecule has 0 bridgehead atoms. The molecule has 2 saturated heterocycles. The van der Waals surface area contributed by atoms with E-state index in [-0.39, 0.29) is 5.82 Å². The van der Waals surface area contributed by atoms with Crippen LogP contribution in [0, 0.1) is 17.1 Å². The number of nitriles is 1. The van der Waals surface area contributed by atoms with Gasteiger partial charge >= 0.3 is 0 Å². The van der Waals surface area contributed by atoms with Gasteiger partial charge in [-0.25, -0.2) is 4.39 Å². The smallest absolute Gasteiger partial charge is 0.141 e. The molecule has 0 radical (unpaired) electrons. The molecule has 3 aromatic rings. The van der Waals surface area contributed by atoms with E-state index in [1.165, 1.54) is 11.8 Å². The van der Waals surface area contributed by atoms with Gasteiger partial charge in [-0.15, -0.1) is 0 Å². The molecule has 36 heavy (non-hydrogen) atoms. The number of nitrogens with two attached hydrogens (primary N) is 1. The summed E-state index contributed by atoms with van der Waals surface area (Å²) in [6.07, 6.45) is 5.56. The molecule has 2 N–H and O–H groups in total. The minimum absolute atomic E-state index is 0.223. The average Bonchev–Trinajstić information content (AvgIpc) is 3.51. The molecule has 6 nitrogen and oxygen atoms in total. The Morgan fingerprint density at radius 2 is 2.06 bits per heavy atom. The molecule has 2 aromatic carbocycles. The van der Waals surface area contributed by atoms with Crippen molar-refractivity contribution in [2.24, 2.45) is 10.7 Å². The van der Waals surface area contributed by atoms with E-state index in [9.17, 15) is 0 Å². The van der Waals surface area contributed by atoms with Crippen molar-refractivity contribution in [3.8, 4) is 6.07 Å². The Hall–Kier alpha value is -3.60. The Kier molecular flexibility index (Phi) is 5.90. The summed E-state index contributed by atoms with van der Waals surface area (Å²) in [6.45, 7) is 7.90. The van der Waals surface area contributed by atoms with Crippen molar-refractivity contribution in [1.82, 2.24) is 9.88 Å². The third-order valence-corrected chi connectivity index (χ3v) is 7.34. The molecule has 2 aliphatic rings. The minimum Gasteiger partial charge on any atom is -0.404 e. The third kappa shape index (κ3) is 4.17. The molecule has 2 unspecified atom stereocenters. The average molecular weight is 484 g/mol. The van der Waals surface area contributed by atoms with Crippen LogP contribution in [0.4, 0.5) is 4.39 Å². The van der Waals surface area contributed by atoms with Crippen LogP contribution in [0.15, 0.2) is 65.9 Å². The van der Waals surface area contributed by atoms with Crippen LogP contribution in [0.25, 0.3) is 16.5 Å². The quantitative estimate of drug-likeness (QED) is 0.396. The highest BCUT2D eigenvalue weighted by molar-refractivity contribution is 6.09. The number of allylic oxidation sites excluding steroid dienone is 1. The van der Waals surface area contributed by atoms with Crippen LogP contribution in [0.3, 0.4) is 0 Å². The summed E-state index contributed by atoms with van der Waals surface area (Å²) < 4.78 is 21.7. The van der Waals surface area contributed by atoms with Crippen molar-refractivity contribution in [3.63, 3.8) is 0 Å². The lowest BCUT2D eigenvalue weighted by atomic mass is 9.80. The van der Waals surface area contributed by atoms with Crippen molar-refractivity contribution in [3.05, 3.63) is 83.4 Å². The van der Waals surface area contributed by atoms with Gasteiger partial charge in [0.25, 0.3) is 0 Å². The van der Waals surface area contributed by atoms with E-state index in [0.29, 0.717) is 16.5 Å². The van der Waals surface area contributed by atoms with Gasteiger partial charge in [-0.2, -0.15) is 5.26 Å².